The molecule has 76 valence electrons. The summed E-state index contributed by atoms with van der Waals surface area (Å²) in [6.07, 6.45) is 0. The van der Waals surface area contributed by atoms with Crippen LogP contribution in [0.5, 0.6) is 5.75 Å². The summed E-state index contributed by atoms with van der Waals surface area (Å²) >= 11 is 0. The molecule has 1 aromatic rings. The molecule has 3 heteroatoms. The lowest BCUT2D eigenvalue weighted by Gasteiger charge is -2.10. The lowest BCUT2D eigenvalue weighted by Crippen LogP contribution is -2.20. The SMILES string of the molecule is Cc1cc(C)c(C)c(OCC(N)=O)c1. The number of primary amides is 1. The molecule has 1 amide bonds. The maximum Gasteiger partial charge on any atom is 0.255 e. The highest BCUT2D eigenvalue weighted by Crippen LogP contribution is 2.22. The first kappa shape index (κ1) is 10.6. The van der Waals surface area contributed by atoms with Crippen molar-refractivity contribution in [3.8, 4) is 5.75 Å². The van der Waals surface area contributed by atoms with Crippen LogP contribution in [0.1, 0.15) is 16.7 Å². The van der Waals surface area contributed by atoms with Gasteiger partial charge < -0.3 is 10.5 Å². The zero-order valence-electron chi connectivity index (χ0n) is 8.76. The lowest BCUT2D eigenvalue weighted by molar-refractivity contribution is -0.119. The van der Waals surface area contributed by atoms with Crippen LogP contribution in [0.2, 0.25) is 0 Å². The minimum atomic E-state index is -0.455. The number of nitrogens with two attached hydrogens (primary N) is 1. The molecule has 0 unspecified atom stereocenters. The van der Waals surface area contributed by atoms with Crippen molar-refractivity contribution in [3.05, 3.63) is 28.8 Å². The first-order chi connectivity index (χ1) is 6.50. The highest BCUT2D eigenvalue weighted by molar-refractivity contribution is 5.75. The van der Waals surface area contributed by atoms with E-state index in [0.717, 1.165) is 22.4 Å². The second-order valence-corrected chi connectivity index (χ2v) is 3.46. The van der Waals surface area contributed by atoms with Gasteiger partial charge in [-0.3, -0.25) is 4.79 Å². The Morgan fingerprint density at radius 2 is 2.00 bits per heavy atom. The van der Waals surface area contributed by atoms with E-state index in [4.69, 9.17) is 10.5 Å². The molecule has 0 fully saturated rings. The van der Waals surface area contributed by atoms with E-state index in [1.165, 1.54) is 0 Å². The Kier molecular flexibility index (Phi) is 3.12. The largest absolute Gasteiger partial charge is 0.483 e. The lowest BCUT2D eigenvalue weighted by atomic mass is 10.1. The fourth-order valence-electron chi connectivity index (χ4n) is 1.30. The number of amides is 1. The number of carbonyl (C=O) groups is 1. The molecule has 0 saturated carbocycles. The third kappa shape index (κ3) is 2.49. The smallest absolute Gasteiger partial charge is 0.255 e. The summed E-state index contributed by atoms with van der Waals surface area (Å²) in [6, 6.07) is 3.98. The second-order valence-electron chi connectivity index (χ2n) is 3.46. The Morgan fingerprint density at radius 1 is 1.36 bits per heavy atom. The molecule has 0 bridgehead atoms. The van der Waals surface area contributed by atoms with E-state index in [0.29, 0.717) is 0 Å². The monoisotopic (exact) mass is 193 g/mol. The van der Waals surface area contributed by atoms with E-state index in [-0.39, 0.29) is 6.61 Å². The zero-order valence-corrected chi connectivity index (χ0v) is 8.76. The fraction of sp³-hybridized carbons (Fsp3) is 0.364. The van der Waals surface area contributed by atoms with Crippen LogP contribution in [0.25, 0.3) is 0 Å². The topological polar surface area (TPSA) is 52.3 Å². The molecule has 0 radical (unpaired) electrons. The van der Waals surface area contributed by atoms with Gasteiger partial charge in [-0.1, -0.05) is 6.07 Å². The van der Waals surface area contributed by atoms with E-state index >= 15 is 0 Å². The number of hydrogen-bond donors (Lipinski definition) is 1. The van der Waals surface area contributed by atoms with Crippen LogP contribution >= 0.6 is 0 Å². The van der Waals surface area contributed by atoms with Gasteiger partial charge in [-0.15, -0.1) is 0 Å². The molecule has 1 rings (SSSR count). The van der Waals surface area contributed by atoms with Crippen molar-refractivity contribution in [1.29, 1.82) is 0 Å². The number of carbonyl (C=O) groups excluding carboxylic acids is 1. The molecular weight excluding hydrogens is 178 g/mol. The highest BCUT2D eigenvalue weighted by atomic mass is 16.5. The molecule has 0 saturated heterocycles. The van der Waals surface area contributed by atoms with Gasteiger partial charge >= 0.3 is 0 Å². The van der Waals surface area contributed by atoms with Crippen LogP contribution in [0.3, 0.4) is 0 Å². The molecule has 3 nitrogen and oxygen atoms in total. The summed E-state index contributed by atoms with van der Waals surface area (Å²) in [7, 11) is 0. The van der Waals surface area contributed by atoms with Crippen LogP contribution in [0.4, 0.5) is 0 Å². The quantitative estimate of drug-likeness (QED) is 0.790. The predicted molar refractivity (Wildman–Crippen MR) is 55.3 cm³/mol. The van der Waals surface area contributed by atoms with Crippen LogP contribution in [-0.4, -0.2) is 12.5 Å². The number of aryl methyl sites for hydroxylation is 2. The first-order valence-electron chi connectivity index (χ1n) is 4.49. The van der Waals surface area contributed by atoms with Crippen molar-refractivity contribution in [2.75, 3.05) is 6.61 Å². The molecule has 0 aliphatic heterocycles. The highest BCUT2D eigenvalue weighted by Gasteiger charge is 2.04. The molecule has 1 aromatic carbocycles. The molecule has 2 N–H and O–H groups in total. The molecule has 0 atom stereocenters. The van der Waals surface area contributed by atoms with Crippen molar-refractivity contribution in [2.24, 2.45) is 5.73 Å². The summed E-state index contributed by atoms with van der Waals surface area (Å²) in [6.45, 7) is 5.90. The normalized spacial score (nSPS) is 9.93. The number of benzene rings is 1. The van der Waals surface area contributed by atoms with E-state index in [2.05, 4.69) is 6.07 Å². The van der Waals surface area contributed by atoms with Gasteiger partial charge in [-0.2, -0.15) is 0 Å². The van der Waals surface area contributed by atoms with E-state index < -0.39 is 5.91 Å². The first-order valence-corrected chi connectivity index (χ1v) is 4.49. The van der Waals surface area contributed by atoms with Crippen molar-refractivity contribution in [2.45, 2.75) is 20.8 Å². The van der Waals surface area contributed by atoms with Crippen LogP contribution < -0.4 is 10.5 Å². The maximum atomic E-state index is 10.6. The molecule has 14 heavy (non-hydrogen) atoms. The Morgan fingerprint density at radius 3 is 2.57 bits per heavy atom. The molecule has 0 heterocycles. The average molecular weight is 193 g/mol. The van der Waals surface area contributed by atoms with E-state index in [9.17, 15) is 4.79 Å². The number of hydrogen-bond acceptors (Lipinski definition) is 2. The summed E-state index contributed by atoms with van der Waals surface area (Å²) in [5.41, 5.74) is 8.33. The number of rotatable bonds is 3. The molecule has 0 spiro atoms. The second kappa shape index (κ2) is 4.13. The summed E-state index contributed by atoms with van der Waals surface area (Å²) in [5, 5.41) is 0. The molecule has 0 aliphatic rings. The van der Waals surface area contributed by atoms with Gasteiger partial charge in [0.25, 0.3) is 5.91 Å². The number of ether oxygens (including phenoxy) is 1. The minimum Gasteiger partial charge on any atom is -0.483 e. The summed E-state index contributed by atoms with van der Waals surface area (Å²) in [4.78, 5) is 10.6. The molecular formula is C11H15NO2. The van der Waals surface area contributed by atoms with Crippen LogP contribution in [0.15, 0.2) is 12.1 Å². The molecule has 0 aromatic heterocycles. The fourth-order valence-corrected chi connectivity index (χ4v) is 1.30. The Hall–Kier alpha value is -1.51. The summed E-state index contributed by atoms with van der Waals surface area (Å²) < 4.78 is 5.29. The van der Waals surface area contributed by atoms with Gasteiger partial charge in [-0.05, 0) is 43.5 Å². The van der Waals surface area contributed by atoms with E-state index in [1.807, 2.05) is 26.8 Å². The molecule has 0 aliphatic carbocycles. The van der Waals surface area contributed by atoms with Crippen molar-refractivity contribution >= 4 is 5.91 Å². The average Bonchev–Trinajstić information content (AvgIpc) is 2.08. The van der Waals surface area contributed by atoms with Gasteiger partial charge in [0.2, 0.25) is 0 Å². The van der Waals surface area contributed by atoms with Crippen molar-refractivity contribution in [3.63, 3.8) is 0 Å². The van der Waals surface area contributed by atoms with Gasteiger partial charge in [0.15, 0.2) is 6.61 Å². The van der Waals surface area contributed by atoms with Gasteiger partial charge in [-0.25, -0.2) is 0 Å². The summed E-state index contributed by atoms with van der Waals surface area (Å²) in [5.74, 6) is 0.282. The Balaban J connectivity index is 2.90. The Bertz CT molecular complexity index is 359. The van der Waals surface area contributed by atoms with E-state index in [1.54, 1.807) is 0 Å². The van der Waals surface area contributed by atoms with Crippen molar-refractivity contribution < 1.29 is 9.53 Å². The maximum absolute atomic E-state index is 10.6. The standard InChI is InChI=1S/C11H15NO2/c1-7-4-8(2)9(3)10(5-7)14-6-11(12)13/h4-5H,6H2,1-3H3,(H2,12,13). The van der Waals surface area contributed by atoms with Gasteiger partial charge in [0.1, 0.15) is 5.75 Å². The minimum absolute atomic E-state index is 0.0657. The zero-order chi connectivity index (χ0) is 10.7. The van der Waals surface area contributed by atoms with Gasteiger partial charge in [0.05, 0.1) is 0 Å². The Labute approximate surface area is 83.9 Å². The van der Waals surface area contributed by atoms with Gasteiger partial charge in [0, 0.05) is 0 Å². The van der Waals surface area contributed by atoms with Crippen molar-refractivity contribution in [1.82, 2.24) is 0 Å². The predicted octanol–water partition coefficient (Wildman–Crippen LogP) is 1.48. The van der Waals surface area contributed by atoms with Crippen LogP contribution in [0, 0.1) is 20.8 Å². The van der Waals surface area contributed by atoms with Crippen LogP contribution in [-0.2, 0) is 4.79 Å². The third-order valence-corrected chi connectivity index (χ3v) is 2.13. The third-order valence-electron chi connectivity index (χ3n) is 2.13.